The van der Waals surface area contributed by atoms with Crippen LogP contribution in [0.2, 0.25) is 5.02 Å². The van der Waals surface area contributed by atoms with E-state index >= 15 is 0 Å². The first-order chi connectivity index (χ1) is 15.2. The second kappa shape index (κ2) is 10.3. The van der Waals surface area contributed by atoms with Gasteiger partial charge in [0.2, 0.25) is 10.0 Å². The maximum absolute atomic E-state index is 13.0. The lowest BCUT2D eigenvalue weighted by Crippen LogP contribution is -2.39. The molecule has 2 aromatic carbocycles. The third-order valence-corrected chi connectivity index (χ3v) is 6.82. The molecule has 0 atom stereocenters. The fraction of sp³-hybridized carbons (Fsp3) is 0.364. The minimum absolute atomic E-state index is 0.0504. The molecule has 1 saturated heterocycles. The number of anilines is 1. The van der Waals surface area contributed by atoms with Crippen molar-refractivity contribution in [2.24, 2.45) is 0 Å². The zero-order valence-corrected chi connectivity index (χ0v) is 19.6. The van der Waals surface area contributed by atoms with Crippen LogP contribution in [0.25, 0.3) is 0 Å². The van der Waals surface area contributed by atoms with E-state index in [-0.39, 0.29) is 22.9 Å². The van der Waals surface area contributed by atoms with E-state index < -0.39 is 10.0 Å². The van der Waals surface area contributed by atoms with Crippen LogP contribution in [0, 0.1) is 0 Å². The Bertz CT molecular complexity index is 1090. The van der Waals surface area contributed by atoms with Crippen LogP contribution < -0.4 is 10.0 Å². The number of sulfonamides is 1. The van der Waals surface area contributed by atoms with E-state index in [9.17, 15) is 18.0 Å². The van der Waals surface area contributed by atoms with Crippen LogP contribution in [-0.4, -0.2) is 62.4 Å². The van der Waals surface area contributed by atoms with Gasteiger partial charge in [-0.3, -0.25) is 4.79 Å². The van der Waals surface area contributed by atoms with Gasteiger partial charge in [0, 0.05) is 48.5 Å². The average molecular weight is 479 g/mol. The van der Waals surface area contributed by atoms with Crippen LogP contribution in [-0.2, 0) is 10.0 Å². The number of halogens is 1. The van der Waals surface area contributed by atoms with Crippen LogP contribution in [0.3, 0.4) is 0 Å². The molecule has 0 saturated carbocycles. The number of hydrogen-bond acceptors (Lipinski definition) is 4. The minimum Gasteiger partial charge on any atom is -0.337 e. The molecule has 0 aromatic heterocycles. The monoisotopic (exact) mass is 478 g/mol. The molecule has 0 spiro atoms. The van der Waals surface area contributed by atoms with E-state index in [1.54, 1.807) is 60.0 Å². The van der Waals surface area contributed by atoms with E-state index in [0.717, 1.165) is 0 Å². The Morgan fingerprint density at radius 3 is 2.38 bits per heavy atom. The number of carbonyl (C=O) groups excluding carboxylic acids is 2. The van der Waals surface area contributed by atoms with Crippen molar-refractivity contribution in [1.29, 1.82) is 0 Å². The molecular weight excluding hydrogens is 452 g/mol. The quantitative estimate of drug-likeness (QED) is 0.687. The highest BCUT2D eigenvalue weighted by atomic mass is 35.5. The van der Waals surface area contributed by atoms with Gasteiger partial charge >= 0.3 is 6.03 Å². The number of nitrogens with one attached hydrogen (secondary N) is 2. The van der Waals surface area contributed by atoms with Crippen LogP contribution >= 0.6 is 11.6 Å². The number of urea groups is 1. The van der Waals surface area contributed by atoms with Crippen molar-refractivity contribution in [1.82, 2.24) is 14.5 Å². The van der Waals surface area contributed by atoms with Crippen molar-refractivity contribution in [2.75, 3.05) is 31.5 Å². The first-order valence-corrected chi connectivity index (χ1v) is 12.2. The van der Waals surface area contributed by atoms with Crippen LogP contribution in [0.4, 0.5) is 10.5 Å². The molecule has 1 fully saturated rings. The fourth-order valence-electron chi connectivity index (χ4n) is 3.45. The van der Waals surface area contributed by atoms with Gasteiger partial charge in [0.25, 0.3) is 5.91 Å². The van der Waals surface area contributed by atoms with Gasteiger partial charge in [-0.1, -0.05) is 23.7 Å². The number of amides is 3. The molecule has 1 aliphatic heterocycles. The highest BCUT2D eigenvalue weighted by Crippen LogP contribution is 2.17. The SMILES string of the molecule is CC(C)NS(=O)(=O)c1cccc(C(=O)N2CCCN(C(=O)Nc3cccc(Cl)c3)CC2)c1. The van der Waals surface area contributed by atoms with Crippen LogP contribution in [0.1, 0.15) is 30.6 Å². The Balaban J connectivity index is 1.66. The van der Waals surface area contributed by atoms with Crippen molar-refractivity contribution in [3.05, 3.63) is 59.1 Å². The van der Waals surface area contributed by atoms with E-state index in [1.807, 2.05) is 0 Å². The molecule has 172 valence electrons. The minimum atomic E-state index is -3.70. The lowest BCUT2D eigenvalue weighted by molar-refractivity contribution is 0.0762. The van der Waals surface area contributed by atoms with Gasteiger partial charge in [0.1, 0.15) is 0 Å². The summed E-state index contributed by atoms with van der Waals surface area (Å²) >= 11 is 5.97. The number of hydrogen-bond donors (Lipinski definition) is 2. The topological polar surface area (TPSA) is 98.8 Å². The van der Waals surface area contributed by atoms with Gasteiger partial charge in [-0.2, -0.15) is 0 Å². The van der Waals surface area contributed by atoms with Crippen molar-refractivity contribution in [3.8, 4) is 0 Å². The zero-order valence-electron chi connectivity index (χ0n) is 18.0. The van der Waals surface area contributed by atoms with Gasteiger partial charge in [-0.15, -0.1) is 0 Å². The molecule has 2 N–H and O–H groups in total. The smallest absolute Gasteiger partial charge is 0.321 e. The second-order valence-electron chi connectivity index (χ2n) is 7.88. The molecule has 0 unspecified atom stereocenters. The van der Waals surface area contributed by atoms with Gasteiger partial charge < -0.3 is 15.1 Å². The van der Waals surface area contributed by atoms with Gasteiger partial charge in [0.15, 0.2) is 0 Å². The van der Waals surface area contributed by atoms with E-state index in [4.69, 9.17) is 11.6 Å². The molecule has 8 nitrogen and oxygen atoms in total. The molecule has 1 aliphatic rings. The highest BCUT2D eigenvalue weighted by Gasteiger charge is 2.24. The average Bonchev–Trinajstić information content (AvgIpc) is 2.99. The Kier molecular flexibility index (Phi) is 7.76. The maximum Gasteiger partial charge on any atom is 0.321 e. The summed E-state index contributed by atoms with van der Waals surface area (Å²) in [5.41, 5.74) is 0.904. The molecule has 0 bridgehead atoms. The van der Waals surface area contributed by atoms with E-state index in [2.05, 4.69) is 10.0 Å². The standard InChI is InChI=1S/C22H27ClN4O4S/c1-16(2)25-32(30,31)20-9-3-6-17(14-20)21(28)26-10-5-11-27(13-12-26)22(29)24-19-8-4-7-18(23)15-19/h3-4,6-9,14-16,25H,5,10-13H2,1-2H3,(H,24,29). The van der Waals surface area contributed by atoms with Crippen molar-refractivity contribution in [2.45, 2.75) is 31.2 Å². The number of nitrogens with zero attached hydrogens (tertiary/aromatic N) is 2. The summed E-state index contributed by atoms with van der Waals surface area (Å²) in [5, 5.41) is 3.35. The lowest BCUT2D eigenvalue weighted by Gasteiger charge is -2.23. The van der Waals surface area contributed by atoms with Crippen LogP contribution in [0.5, 0.6) is 0 Å². The summed E-state index contributed by atoms with van der Waals surface area (Å²) in [6.07, 6.45) is 0.613. The van der Waals surface area contributed by atoms with E-state index in [1.165, 1.54) is 12.1 Å². The molecule has 1 heterocycles. The maximum atomic E-state index is 13.0. The Labute approximate surface area is 193 Å². The normalized spacial score (nSPS) is 14.9. The highest BCUT2D eigenvalue weighted by molar-refractivity contribution is 7.89. The third kappa shape index (κ3) is 6.21. The number of benzene rings is 2. The summed E-state index contributed by atoms with van der Waals surface area (Å²) in [4.78, 5) is 29.0. The predicted molar refractivity (Wildman–Crippen MR) is 124 cm³/mol. The summed E-state index contributed by atoms with van der Waals surface area (Å²) in [7, 11) is -3.70. The van der Waals surface area contributed by atoms with Gasteiger partial charge in [0.05, 0.1) is 4.90 Å². The molecule has 2 aromatic rings. The number of carbonyl (C=O) groups is 2. The largest absolute Gasteiger partial charge is 0.337 e. The zero-order chi connectivity index (χ0) is 23.3. The molecule has 32 heavy (non-hydrogen) atoms. The third-order valence-electron chi connectivity index (χ3n) is 4.93. The molecule has 0 radical (unpaired) electrons. The molecule has 0 aliphatic carbocycles. The second-order valence-corrected chi connectivity index (χ2v) is 10.0. The van der Waals surface area contributed by atoms with E-state index in [0.29, 0.717) is 48.9 Å². The molecule has 3 rings (SSSR count). The molecule has 10 heteroatoms. The van der Waals surface area contributed by atoms with Gasteiger partial charge in [-0.25, -0.2) is 17.9 Å². The lowest BCUT2D eigenvalue weighted by atomic mass is 10.2. The molecular formula is C22H27ClN4O4S. The first kappa shape index (κ1) is 24.0. The summed E-state index contributed by atoms with van der Waals surface area (Å²) in [6, 6.07) is 12.4. The van der Waals surface area contributed by atoms with Crippen molar-refractivity contribution in [3.63, 3.8) is 0 Å². The summed E-state index contributed by atoms with van der Waals surface area (Å²) in [6.45, 7) is 5.16. The Hall–Kier alpha value is -2.62. The molecule has 3 amide bonds. The van der Waals surface area contributed by atoms with Crippen LogP contribution in [0.15, 0.2) is 53.4 Å². The fourth-order valence-corrected chi connectivity index (χ4v) is 4.94. The number of rotatable bonds is 5. The van der Waals surface area contributed by atoms with Crippen molar-refractivity contribution >= 4 is 39.2 Å². The van der Waals surface area contributed by atoms with Gasteiger partial charge in [-0.05, 0) is 56.7 Å². The Morgan fingerprint density at radius 1 is 0.969 bits per heavy atom. The first-order valence-electron chi connectivity index (χ1n) is 10.4. The predicted octanol–water partition coefficient (Wildman–Crippen LogP) is 3.41. The Morgan fingerprint density at radius 2 is 1.66 bits per heavy atom. The summed E-state index contributed by atoms with van der Waals surface area (Å²) < 4.78 is 27.4. The van der Waals surface area contributed by atoms with Crippen molar-refractivity contribution < 1.29 is 18.0 Å². The summed E-state index contributed by atoms with van der Waals surface area (Å²) in [5.74, 6) is -0.260.